The number of amides is 4. The number of nitrogens with one attached hydrogen (secondary N) is 4. The van der Waals surface area contributed by atoms with E-state index in [9.17, 15) is 24.0 Å². The number of halogens is 1. The van der Waals surface area contributed by atoms with Crippen molar-refractivity contribution in [1.82, 2.24) is 16.0 Å². The number of hydrogen-bond acceptors (Lipinski definition) is 6. The fraction of sp³-hybridized carbons (Fsp3) is 0.421. The van der Waals surface area contributed by atoms with E-state index in [1.807, 2.05) is 6.92 Å². The third-order valence-electron chi connectivity index (χ3n) is 4.64. The molecule has 10 nitrogen and oxygen atoms in total. The molecule has 1 fully saturated rings. The first-order chi connectivity index (χ1) is 14.2. The maximum atomic E-state index is 12.9. The second-order valence-corrected chi connectivity index (χ2v) is 7.29. The molecule has 4 N–H and O–H groups in total. The third kappa shape index (κ3) is 5.69. The lowest BCUT2D eigenvalue weighted by atomic mass is 9.93. The van der Waals surface area contributed by atoms with E-state index in [-0.39, 0.29) is 34.6 Å². The van der Waals surface area contributed by atoms with E-state index in [0.717, 1.165) is 7.11 Å². The van der Waals surface area contributed by atoms with Crippen molar-refractivity contribution in [1.29, 1.82) is 0 Å². The van der Waals surface area contributed by atoms with Crippen LogP contribution >= 0.6 is 11.6 Å². The highest BCUT2D eigenvalue weighted by atomic mass is 35.5. The zero-order valence-corrected chi connectivity index (χ0v) is 17.5. The SMILES string of the molecule is CNC(=O)C(=O)[C@H](C[C@@H]1C[C@@H](C)NC1=O)NC(=O)c1cc(Cl)ccc1NC(=O)OC. The number of anilines is 1. The first kappa shape index (κ1) is 23.1. The summed E-state index contributed by atoms with van der Waals surface area (Å²) in [4.78, 5) is 60.9. The van der Waals surface area contributed by atoms with Gasteiger partial charge in [0.15, 0.2) is 0 Å². The summed E-state index contributed by atoms with van der Waals surface area (Å²) in [7, 11) is 2.45. The van der Waals surface area contributed by atoms with Gasteiger partial charge in [0.1, 0.15) is 0 Å². The van der Waals surface area contributed by atoms with Gasteiger partial charge in [-0.3, -0.25) is 24.5 Å². The number of Topliss-reactive ketones (excluding diaryl/α,β-unsaturated/α-hetero) is 1. The summed E-state index contributed by atoms with van der Waals surface area (Å²) in [6.45, 7) is 1.82. The largest absolute Gasteiger partial charge is 0.453 e. The second-order valence-electron chi connectivity index (χ2n) is 6.85. The van der Waals surface area contributed by atoms with Crippen molar-refractivity contribution in [2.24, 2.45) is 5.92 Å². The van der Waals surface area contributed by atoms with Gasteiger partial charge in [0, 0.05) is 24.0 Å². The third-order valence-corrected chi connectivity index (χ3v) is 4.87. The zero-order chi connectivity index (χ0) is 22.4. The van der Waals surface area contributed by atoms with Gasteiger partial charge < -0.3 is 20.7 Å². The van der Waals surface area contributed by atoms with Gasteiger partial charge in [-0.25, -0.2) is 4.79 Å². The topological polar surface area (TPSA) is 143 Å². The van der Waals surface area contributed by atoms with Crippen molar-refractivity contribution in [2.45, 2.75) is 31.8 Å². The first-order valence-electron chi connectivity index (χ1n) is 9.18. The highest BCUT2D eigenvalue weighted by Crippen LogP contribution is 2.23. The number of benzene rings is 1. The molecule has 3 atom stereocenters. The van der Waals surface area contributed by atoms with Crippen LogP contribution in [0.15, 0.2) is 18.2 Å². The highest BCUT2D eigenvalue weighted by molar-refractivity contribution is 6.38. The molecule has 1 aliphatic heterocycles. The molecule has 1 aromatic carbocycles. The van der Waals surface area contributed by atoms with Crippen molar-refractivity contribution in [3.8, 4) is 0 Å². The minimum Gasteiger partial charge on any atom is -0.453 e. The molecule has 0 aliphatic carbocycles. The van der Waals surface area contributed by atoms with E-state index in [4.69, 9.17) is 11.6 Å². The Hall–Kier alpha value is -3.14. The van der Waals surface area contributed by atoms with E-state index >= 15 is 0 Å². The molecule has 0 saturated carbocycles. The minimum atomic E-state index is -1.25. The summed E-state index contributed by atoms with van der Waals surface area (Å²) in [5.74, 6) is -3.32. The number of carbonyl (C=O) groups excluding carboxylic acids is 5. The zero-order valence-electron chi connectivity index (χ0n) is 16.7. The Kier molecular flexibility index (Phi) is 7.76. The molecule has 11 heteroatoms. The Labute approximate surface area is 178 Å². The molecule has 0 spiro atoms. The maximum absolute atomic E-state index is 12.9. The Bertz CT molecular complexity index is 875. The van der Waals surface area contributed by atoms with Gasteiger partial charge in [-0.15, -0.1) is 0 Å². The summed E-state index contributed by atoms with van der Waals surface area (Å²) in [5, 5.41) is 10.1. The summed E-state index contributed by atoms with van der Waals surface area (Å²) in [6.07, 6.45) is -0.381. The van der Waals surface area contributed by atoms with Gasteiger partial charge in [0.25, 0.3) is 11.8 Å². The molecule has 1 aromatic rings. The average Bonchev–Trinajstić information content (AvgIpc) is 3.03. The number of hydrogen-bond donors (Lipinski definition) is 4. The smallest absolute Gasteiger partial charge is 0.411 e. The van der Waals surface area contributed by atoms with Crippen LogP contribution in [0.4, 0.5) is 10.5 Å². The molecule has 2 rings (SSSR count). The fourth-order valence-electron chi connectivity index (χ4n) is 3.16. The molecule has 0 bridgehead atoms. The van der Waals surface area contributed by atoms with Gasteiger partial charge in [0.2, 0.25) is 11.7 Å². The van der Waals surface area contributed by atoms with Crippen LogP contribution in [-0.2, 0) is 19.1 Å². The quantitative estimate of drug-likeness (QED) is 0.465. The highest BCUT2D eigenvalue weighted by Gasteiger charge is 2.36. The van der Waals surface area contributed by atoms with E-state index in [1.165, 1.54) is 25.2 Å². The number of methoxy groups -OCH3 is 1. The van der Waals surface area contributed by atoms with Crippen molar-refractivity contribution in [2.75, 3.05) is 19.5 Å². The van der Waals surface area contributed by atoms with E-state index in [2.05, 4.69) is 26.0 Å². The molecule has 0 unspecified atom stereocenters. The van der Waals surface area contributed by atoms with Gasteiger partial charge in [-0.1, -0.05) is 11.6 Å². The lowest BCUT2D eigenvalue weighted by Gasteiger charge is -2.20. The minimum absolute atomic E-state index is 0.0353. The lowest BCUT2D eigenvalue weighted by molar-refractivity contribution is -0.139. The monoisotopic (exact) mass is 438 g/mol. The molecule has 1 aliphatic rings. The van der Waals surface area contributed by atoms with E-state index < -0.39 is 35.7 Å². The maximum Gasteiger partial charge on any atom is 0.411 e. The standard InChI is InChI=1S/C19H23ClN4O6/c1-9-6-10(16(26)22-9)7-14(15(25)18(28)21-2)23-17(27)12-8-11(20)4-5-13(12)24-19(29)30-3/h4-5,8-10,14H,6-7H2,1-3H3,(H,21,28)(H,22,26)(H,23,27)(H,24,29)/t9-,10+,14+/m1/s1. The van der Waals surface area contributed by atoms with Gasteiger partial charge in [0.05, 0.1) is 24.4 Å². The Morgan fingerprint density at radius 2 is 2.00 bits per heavy atom. The molecular weight excluding hydrogens is 416 g/mol. The number of rotatable bonds is 7. The van der Waals surface area contributed by atoms with Crippen LogP contribution in [0.1, 0.15) is 30.1 Å². The van der Waals surface area contributed by atoms with Gasteiger partial charge in [-0.2, -0.15) is 0 Å². The van der Waals surface area contributed by atoms with Crippen LogP contribution in [0, 0.1) is 5.92 Å². The molecule has 162 valence electrons. The molecule has 30 heavy (non-hydrogen) atoms. The second kappa shape index (κ2) is 10.1. The van der Waals surface area contributed by atoms with Crippen LogP contribution in [0.25, 0.3) is 0 Å². The van der Waals surface area contributed by atoms with Crippen LogP contribution in [0.5, 0.6) is 0 Å². The van der Waals surface area contributed by atoms with Crippen molar-refractivity contribution >= 4 is 46.9 Å². The van der Waals surface area contributed by atoms with Crippen LogP contribution in [0.3, 0.4) is 0 Å². The Balaban J connectivity index is 2.28. The predicted molar refractivity (Wildman–Crippen MR) is 108 cm³/mol. The summed E-state index contributed by atoms with van der Waals surface area (Å²) < 4.78 is 4.53. The molecule has 1 saturated heterocycles. The molecule has 1 heterocycles. The number of ketones is 1. The normalized spacial score (nSPS) is 18.7. The van der Waals surface area contributed by atoms with Gasteiger partial charge in [-0.05, 0) is 38.0 Å². The average molecular weight is 439 g/mol. The van der Waals surface area contributed by atoms with Crippen LogP contribution < -0.4 is 21.3 Å². The van der Waals surface area contributed by atoms with Gasteiger partial charge >= 0.3 is 6.09 Å². The van der Waals surface area contributed by atoms with Crippen molar-refractivity contribution < 1.29 is 28.7 Å². The molecule has 0 radical (unpaired) electrons. The molecule has 4 amide bonds. The van der Waals surface area contributed by atoms with E-state index in [1.54, 1.807) is 0 Å². The molecular formula is C19H23ClN4O6. The van der Waals surface area contributed by atoms with Crippen LogP contribution in [0.2, 0.25) is 5.02 Å². The van der Waals surface area contributed by atoms with E-state index in [0.29, 0.717) is 6.42 Å². The summed E-state index contributed by atoms with van der Waals surface area (Å²) in [5.41, 5.74) is 0.0639. The Morgan fingerprint density at radius 1 is 1.30 bits per heavy atom. The predicted octanol–water partition coefficient (Wildman–Crippen LogP) is 0.846. The lowest BCUT2D eigenvalue weighted by Crippen LogP contribution is -2.48. The number of likely N-dealkylation sites (N-methyl/N-ethyl adjacent to an activating group) is 1. The van der Waals surface area contributed by atoms with Crippen molar-refractivity contribution in [3.63, 3.8) is 0 Å². The Morgan fingerprint density at radius 3 is 2.57 bits per heavy atom. The fourth-order valence-corrected chi connectivity index (χ4v) is 3.34. The van der Waals surface area contributed by atoms with Crippen molar-refractivity contribution in [3.05, 3.63) is 28.8 Å². The van der Waals surface area contributed by atoms with Crippen LogP contribution in [-0.4, -0.2) is 55.8 Å². The molecule has 0 aromatic heterocycles. The summed E-state index contributed by atoms with van der Waals surface area (Å²) in [6, 6.07) is 2.84. The number of carbonyl (C=O) groups is 5. The summed E-state index contributed by atoms with van der Waals surface area (Å²) >= 11 is 5.97. The first-order valence-corrected chi connectivity index (χ1v) is 9.55. The number of ether oxygens (including phenoxy) is 1.